The van der Waals surface area contributed by atoms with Gasteiger partial charge in [-0.3, -0.25) is 4.79 Å². The second-order valence-electron chi connectivity index (χ2n) is 12.0. The second-order valence-corrected chi connectivity index (χ2v) is 14.3. The van der Waals surface area contributed by atoms with Crippen LogP contribution < -0.4 is 21.9 Å². The fourth-order valence-electron chi connectivity index (χ4n) is 5.98. The quantitative estimate of drug-likeness (QED) is 0.0426. The Bertz CT molecular complexity index is 2230. The number of Topliss-reactive ketones (excluding diaryl/α,β-unsaturated/α-hetero) is 1. The van der Waals surface area contributed by atoms with E-state index in [2.05, 4.69) is 0 Å². The van der Waals surface area contributed by atoms with Gasteiger partial charge in [-0.1, -0.05) is 12.1 Å². The Morgan fingerprint density at radius 3 is 0.915 bits per heavy atom. The molecule has 0 aliphatic heterocycles. The van der Waals surface area contributed by atoms with Crippen LogP contribution >= 0.6 is 0 Å². The van der Waals surface area contributed by atoms with Crippen molar-refractivity contribution in [3.63, 3.8) is 0 Å². The molecule has 0 saturated carbocycles. The fraction of sp³-hybridized carbons (Fsp3) is 0.0857. The van der Waals surface area contributed by atoms with Gasteiger partial charge in [0.05, 0.1) is 24.1 Å². The number of nitriles is 1. The number of halogens is 20. The van der Waals surface area contributed by atoms with Crippen molar-refractivity contribution < 1.29 is 92.6 Å². The zero-order chi connectivity index (χ0) is 44.9. The van der Waals surface area contributed by atoms with E-state index in [1.54, 1.807) is 24.3 Å². The number of carbonyl (C=O) groups is 1. The molecule has 312 valence electrons. The lowest BCUT2D eigenvalue weighted by molar-refractivity contribution is 0.102. The summed E-state index contributed by atoms with van der Waals surface area (Å²) in [6.45, 7) is 0. The van der Waals surface area contributed by atoms with Crippen LogP contribution in [0.2, 0.25) is 0 Å². The van der Waals surface area contributed by atoms with Gasteiger partial charge in [0.15, 0.2) is 75.6 Å². The number of benzene rings is 5. The molecule has 0 heterocycles. The van der Waals surface area contributed by atoms with Crippen LogP contribution in [0, 0.1) is 128 Å². The van der Waals surface area contributed by atoms with E-state index < -0.39 is 144 Å². The molecule has 5 aromatic carbocycles. The van der Waals surface area contributed by atoms with E-state index in [0.29, 0.717) is 16.9 Å². The average Bonchev–Trinajstić information content (AvgIpc) is 3.20. The Kier molecular flexibility index (Phi) is 13.1. The van der Waals surface area contributed by atoms with Gasteiger partial charge in [0, 0.05) is 5.56 Å². The van der Waals surface area contributed by atoms with Crippen LogP contribution in [0.3, 0.4) is 0 Å². The van der Waals surface area contributed by atoms with Gasteiger partial charge in [0.1, 0.15) is 52.7 Å². The minimum atomic E-state index is -7.22. The zero-order valence-corrected chi connectivity index (χ0v) is 29.2. The Hall–Kier alpha value is -5.73. The maximum atomic E-state index is 15.4. The first kappa shape index (κ1) is 46.0. The molecule has 0 unspecified atom stereocenters. The van der Waals surface area contributed by atoms with Crippen molar-refractivity contribution in [1.29, 1.82) is 5.26 Å². The van der Waals surface area contributed by atoms with Gasteiger partial charge in [-0.15, -0.1) is 21.9 Å². The van der Waals surface area contributed by atoms with Crippen LogP contribution in [0.25, 0.3) is 0 Å². The average molecular weight is 885 g/mol. The number of ketones is 1. The highest BCUT2D eigenvalue weighted by Gasteiger charge is 2.52. The summed E-state index contributed by atoms with van der Waals surface area (Å²) in [6, 6.07) is 8.88. The molecule has 0 aliphatic carbocycles. The fourth-order valence-corrected chi connectivity index (χ4v) is 6.67. The molecule has 0 aromatic heterocycles. The third-order valence-corrected chi connectivity index (χ3v) is 9.28. The molecular formula is C35H12BF20NOS. The van der Waals surface area contributed by atoms with Crippen LogP contribution in [0.5, 0.6) is 0 Å². The topological polar surface area (TPSA) is 40.9 Å². The zero-order valence-electron chi connectivity index (χ0n) is 28.4. The van der Waals surface area contributed by atoms with Gasteiger partial charge in [0.2, 0.25) is 5.78 Å². The van der Waals surface area contributed by atoms with E-state index in [0.717, 1.165) is 0 Å². The normalized spacial score (nSPS) is 11.5. The van der Waals surface area contributed by atoms with Crippen LogP contribution in [0.4, 0.5) is 87.8 Å². The van der Waals surface area contributed by atoms with Crippen molar-refractivity contribution in [3.8, 4) is 6.07 Å². The SMILES string of the molecule is C[S+](C)CC(=O)c1cccc(C#N)c1.Fc1c(F)c(F)c([B-](c2c(F)c(F)c(F)c(F)c2F)(c2c(F)c(F)c(F)c(F)c2F)c2c(F)c(F)c(F)c(F)c2F)c(F)c1F. The molecule has 0 radical (unpaired) electrons. The molecule has 0 atom stereocenters. The summed E-state index contributed by atoms with van der Waals surface area (Å²) in [7, 11) is 0.113. The first-order valence-electron chi connectivity index (χ1n) is 15.1. The monoisotopic (exact) mass is 885 g/mol. The molecule has 2 nitrogen and oxygen atoms in total. The molecule has 0 bridgehead atoms. The van der Waals surface area contributed by atoms with Crippen LogP contribution in [0.15, 0.2) is 24.3 Å². The lowest BCUT2D eigenvalue weighted by Crippen LogP contribution is -2.81. The summed E-state index contributed by atoms with van der Waals surface area (Å²) < 4.78 is 294. The van der Waals surface area contributed by atoms with Crippen molar-refractivity contribution in [1.82, 2.24) is 0 Å². The van der Waals surface area contributed by atoms with Crippen molar-refractivity contribution in [3.05, 3.63) is 152 Å². The highest BCUT2D eigenvalue weighted by molar-refractivity contribution is 7.96. The summed E-state index contributed by atoms with van der Waals surface area (Å²) in [5.74, 6) is -70.7. The van der Waals surface area contributed by atoms with Crippen molar-refractivity contribution in [2.45, 2.75) is 0 Å². The third-order valence-electron chi connectivity index (χ3n) is 8.44. The highest BCUT2D eigenvalue weighted by atomic mass is 32.2. The molecule has 0 fully saturated rings. The third kappa shape index (κ3) is 7.33. The Morgan fingerprint density at radius 2 is 0.695 bits per heavy atom. The summed E-state index contributed by atoms with van der Waals surface area (Å²) in [5, 5.41) is 8.67. The van der Waals surface area contributed by atoms with E-state index in [4.69, 9.17) is 5.26 Å². The molecule has 0 N–H and O–H groups in total. The Balaban J connectivity index is 0.000000464. The Labute approximate surface area is 318 Å². The smallest absolute Gasteiger partial charge is 0.211 e. The van der Waals surface area contributed by atoms with Gasteiger partial charge in [-0.2, -0.15) is 5.26 Å². The minimum absolute atomic E-state index is 0.113. The van der Waals surface area contributed by atoms with Gasteiger partial charge >= 0.3 is 0 Å². The molecule has 0 spiro atoms. The molecule has 5 rings (SSSR count). The van der Waals surface area contributed by atoms with Crippen LogP contribution in [0.1, 0.15) is 15.9 Å². The van der Waals surface area contributed by atoms with Gasteiger partial charge in [-0.05, 0) is 23.0 Å². The summed E-state index contributed by atoms with van der Waals surface area (Å²) in [6.07, 6.45) is -3.15. The van der Waals surface area contributed by atoms with E-state index in [1.165, 1.54) is 0 Å². The van der Waals surface area contributed by atoms with E-state index in [-0.39, 0.29) is 16.7 Å². The maximum Gasteiger partial charge on any atom is 0.211 e. The van der Waals surface area contributed by atoms with Crippen molar-refractivity contribution in [2.24, 2.45) is 0 Å². The highest BCUT2D eigenvalue weighted by Crippen LogP contribution is 2.30. The maximum absolute atomic E-state index is 15.4. The van der Waals surface area contributed by atoms with E-state index in [9.17, 15) is 57.5 Å². The van der Waals surface area contributed by atoms with Crippen LogP contribution in [-0.4, -0.2) is 30.2 Å². The first-order chi connectivity index (χ1) is 27.3. The predicted molar refractivity (Wildman–Crippen MR) is 169 cm³/mol. The summed E-state index contributed by atoms with van der Waals surface area (Å²) >= 11 is 0. The predicted octanol–water partition coefficient (Wildman–Crippen LogP) is 7.46. The van der Waals surface area contributed by atoms with Crippen LogP contribution in [-0.2, 0) is 10.9 Å². The summed E-state index contributed by atoms with van der Waals surface area (Å²) in [5.41, 5.74) is -13.1. The minimum Gasteiger partial charge on any atom is -0.289 e. The van der Waals surface area contributed by atoms with Crippen molar-refractivity contribution in [2.75, 3.05) is 18.3 Å². The molecule has 5 aromatic rings. The van der Waals surface area contributed by atoms with Crippen molar-refractivity contribution >= 4 is 44.7 Å². The number of hydrogen-bond donors (Lipinski definition) is 0. The molecule has 59 heavy (non-hydrogen) atoms. The largest absolute Gasteiger partial charge is 0.289 e. The lowest BCUT2D eigenvalue weighted by atomic mass is 9.12. The van der Waals surface area contributed by atoms with Gasteiger partial charge in [0.25, 0.3) is 0 Å². The van der Waals surface area contributed by atoms with Gasteiger partial charge < -0.3 is 0 Å². The summed E-state index contributed by atoms with van der Waals surface area (Å²) in [4.78, 5) is 11.6. The number of carbonyl (C=O) groups excluding carboxylic acids is 1. The van der Waals surface area contributed by atoms with Gasteiger partial charge in [-0.25, -0.2) is 87.8 Å². The number of nitrogens with zero attached hydrogens (tertiary/aromatic N) is 1. The lowest BCUT2D eigenvalue weighted by Gasteiger charge is -2.44. The van der Waals surface area contributed by atoms with E-state index in [1.807, 2.05) is 18.6 Å². The molecular weight excluding hydrogens is 873 g/mol. The van der Waals surface area contributed by atoms with E-state index >= 15 is 35.1 Å². The number of hydrogen-bond acceptors (Lipinski definition) is 2. The molecule has 0 amide bonds. The molecule has 0 saturated heterocycles. The number of rotatable bonds is 7. The standard InChI is InChI=1S/C24BF20.C11H12NOS/c26-5-1(6(27)14(35)21(42)13(5)34)25(2-7(28)15(36)22(43)16(37)8(2)29,3-9(30)17(38)23(44)18(39)10(3)31)4-11(32)19(40)24(45)20(41)12(4)33;1-14(2)8-11(13)10-5-3-4-9(6-10)7-12/h;3-6H,8H2,1-2H3/q-1;+1. The Morgan fingerprint density at radius 1 is 0.458 bits per heavy atom. The molecule has 24 heteroatoms. The first-order valence-corrected chi connectivity index (χ1v) is 17.4. The second kappa shape index (κ2) is 16.9. The molecule has 0 aliphatic rings.